The summed E-state index contributed by atoms with van der Waals surface area (Å²) in [4.78, 5) is 12.2. The van der Waals surface area contributed by atoms with E-state index in [1.165, 1.54) is 24.3 Å². The second kappa shape index (κ2) is 5.89. The highest BCUT2D eigenvalue weighted by molar-refractivity contribution is 6.07. The number of carbonyl (C=O) groups is 1. The van der Waals surface area contributed by atoms with Crippen LogP contribution < -0.4 is 14.8 Å². The summed E-state index contributed by atoms with van der Waals surface area (Å²) in [5.74, 6) is 0.762. The number of halogens is 1. The van der Waals surface area contributed by atoms with E-state index in [1.807, 2.05) is 6.07 Å². The summed E-state index contributed by atoms with van der Waals surface area (Å²) in [5.41, 5.74) is 1.85. The quantitative estimate of drug-likeness (QED) is 0.946. The van der Waals surface area contributed by atoms with Crippen LogP contribution in [0.5, 0.6) is 11.5 Å². The van der Waals surface area contributed by atoms with Gasteiger partial charge in [0.05, 0.1) is 12.7 Å². The molecule has 0 fully saturated rings. The van der Waals surface area contributed by atoms with Crippen molar-refractivity contribution in [3.8, 4) is 11.5 Å². The molecule has 2 aromatic rings. The van der Waals surface area contributed by atoms with Crippen molar-refractivity contribution in [3.63, 3.8) is 0 Å². The fraction of sp³-hybridized carbons (Fsp3) is 0.118. The van der Waals surface area contributed by atoms with Gasteiger partial charge in [0.2, 0.25) is 0 Å². The van der Waals surface area contributed by atoms with Crippen LogP contribution in [0.2, 0.25) is 0 Å². The second-order valence-corrected chi connectivity index (χ2v) is 4.82. The first kappa shape index (κ1) is 14.1. The third-order valence-electron chi connectivity index (χ3n) is 3.33. The molecule has 112 valence electrons. The topological polar surface area (TPSA) is 47.6 Å². The molecule has 0 aromatic heterocycles. The summed E-state index contributed by atoms with van der Waals surface area (Å²) in [6.45, 7) is 0.174. The summed E-state index contributed by atoms with van der Waals surface area (Å²) in [6.07, 6.45) is 1.77. The van der Waals surface area contributed by atoms with Gasteiger partial charge in [-0.2, -0.15) is 0 Å². The van der Waals surface area contributed by atoms with E-state index in [2.05, 4.69) is 5.32 Å². The van der Waals surface area contributed by atoms with Gasteiger partial charge in [0.1, 0.15) is 23.9 Å². The number of anilines is 1. The van der Waals surface area contributed by atoms with E-state index in [9.17, 15) is 9.18 Å². The molecule has 22 heavy (non-hydrogen) atoms. The van der Waals surface area contributed by atoms with Crippen LogP contribution >= 0.6 is 0 Å². The largest absolute Gasteiger partial charge is 0.497 e. The highest BCUT2D eigenvalue weighted by atomic mass is 19.1. The number of hydrogen-bond acceptors (Lipinski definition) is 3. The number of fused-ring (bicyclic) bond motifs is 1. The summed E-state index contributed by atoms with van der Waals surface area (Å²) >= 11 is 0. The number of carbonyl (C=O) groups excluding carboxylic acids is 1. The standard InChI is InChI=1S/C17H14FNO3/c1-21-15-7-2-11-8-12(10-22-16(11)9-15)17(20)19-14-5-3-13(18)4-6-14/h2-9H,10H2,1H3,(H,19,20). The van der Waals surface area contributed by atoms with Crippen LogP contribution in [0, 0.1) is 5.82 Å². The molecular weight excluding hydrogens is 285 g/mol. The number of ether oxygens (including phenoxy) is 2. The maximum atomic E-state index is 12.9. The van der Waals surface area contributed by atoms with Gasteiger partial charge >= 0.3 is 0 Å². The fourth-order valence-electron chi connectivity index (χ4n) is 2.15. The summed E-state index contributed by atoms with van der Waals surface area (Å²) in [7, 11) is 1.59. The smallest absolute Gasteiger partial charge is 0.255 e. The molecule has 1 aliphatic rings. The number of hydrogen-bond donors (Lipinski definition) is 1. The summed E-state index contributed by atoms with van der Waals surface area (Å²) in [6, 6.07) is 11.0. The van der Waals surface area contributed by atoms with Crippen molar-refractivity contribution in [2.75, 3.05) is 19.0 Å². The Morgan fingerprint density at radius 2 is 2.00 bits per heavy atom. The third kappa shape index (κ3) is 2.93. The van der Waals surface area contributed by atoms with Crippen LogP contribution in [0.4, 0.5) is 10.1 Å². The molecule has 0 unspecified atom stereocenters. The molecular formula is C17H14FNO3. The zero-order valence-corrected chi connectivity index (χ0v) is 11.9. The Morgan fingerprint density at radius 1 is 1.23 bits per heavy atom. The highest BCUT2D eigenvalue weighted by Crippen LogP contribution is 2.30. The Hall–Kier alpha value is -2.82. The molecule has 3 rings (SSSR count). The van der Waals surface area contributed by atoms with Gasteiger partial charge in [-0.25, -0.2) is 4.39 Å². The number of amides is 1. The molecule has 4 nitrogen and oxygen atoms in total. The number of methoxy groups -OCH3 is 1. The summed E-state index contributed by atoms with van der Waals surface area (Å²) in [5, 5.41) is 2.71. The predicted molar refractivity (Wildman–Crippen MR) is 81.5 cm³/mol. The lowest BCUT2D eigenvalue weighted by Crippen LogP contribution is -2.21. The molecule has 1 amide bonds. The minimum atomic E-state index is -0.346. The number of benzene rings is 2. The second-order valence-electron chi connectivity index (χ2n) is 4.82. The van der Waals surface area contributed by atoms with Crippen molar-refractivity contribution in [1.29, 1.82) is 0 Å². The SMILES string of the molecule is COc1ccc2c(c1)OCC(C(=O)Nc1ccc(F)cc1)=C2. The average Bonchev–Trinajstić information content (AvgIpc) is 2.56. The fourth-order valence-corrected chi connectivity index (χ4v) is 2.15. The molecule has 1 N–H and O–H groups in total. The Labute approximate surface area is 127 Å². The first-order valence-electron chi connectivity index (χ1n) is 6.74. The molecule has 0 bridgehead atoms. The predicted octanol–water partition coefficient (Wildman–Crippen LogP) is 3.25. The lowest BCUT2D eigenvalue weighted by molar-refractivity contribution is -0.113. The van der Waals surface area contributed by atoms with Crippen molar-refractivity contribution in [1.82, 2.24) is 0 Å². The van der Waals surface area contributed by atoms with E-state index in [0.29, 0.717) is 22.8 Å². The molecule has 1 heterocycles. The van der Waals surface area contributed by atoms with E-state index < -0.39 is 0 Å². The van der Waals surface area contributed by atoms with Gasteiger partial charge < -0.3 is 14.8 Å². The molecule has 1 aliphatic heterocycles. The van der Waals surface area contributed by atoms with Crippen molar-refractivity contribution < 1.29 is 18.7 Å². The Morgan fingerprint density at radius 3 is 2.73 bits per heavy atom. The van der Waals surface area contributed by atoms with Crippen LogP contribution in [-0.4, -0.2) is 19.6 Å². The first-order valence-corrected chi connectivity index (χ1v) is 6.74. The Kier molecular flexibility index (Phi) is 3.78. The van der Waals surface area contributed by atoms with Crippen molar-refractivity contribution in [3.05, 3.63) is 59.4 Å². The molecule has 0 spiro atoms. The number of nitrogens with one attached hydrogen (secondary N) is 1. The molecule has 0 atom stereocenters. The number of rotatable bonds is 3. The normalized spacial score (nSPS) is 12.7. The van der Waals surface area contributed by atoms with Gasteiger partial charge in [-0.15, -0.1) is 0 Å². The molecule has 5 heteroatoms. The average molecular weight is 299 g/mol. The van der Waals surface area contributed by atoms with Gasteiger partial charge in [0, 0.05) is 17.3 Å². The van der Waals surface area contributed by atoms with Crippen LogP contribution in [0.3, 0.4) is 0 Å². The van der Waals surface area contributed by atoms with Crippen LogP contribution in [0.25, 0.3) is 6.08 Å². The van der Waals surface area contributed by atoms with Gasteiger partial charge in [-0.3, -0.25) is 4.79 Å². The molecule has 2 aromatic carbocycles. The molecule has 0 aliphatic carbocycles. The van der Waals surface area contributed by atoms with Crippen molar-refractivity contribution >= 4 is 17.7 Å². The van der Waals surface area contributed by atoms with E-state index in [1.54, 1.807) is 25.3 Å². The maximum Gasteiger partial charge on any atom is 0.255 e. The Balaban J connectivity index is 1.78. The van der Waals surface area contributed by atoms with E-state index in [0.717, 1.165) is 5.56 Å². The van der Waals surface area contributed by atoms with Crippen LogP contribution in [-0.2, 0) is 4.79 Å². The first-order chi connectivity index (χ1) is 10.7. The van der Waals surface area contributed by atoms with Crippen molar-refractivity contribution in [2.45, 2.75) is 0 Å². The monoisotopic (exact) mass is 299 g/mol. The van der Waals surface area contributed by atoms with E-state index >= 15 is 0 Å². The van der Waals surface area contributed by atoms with Crippen LogP contribution in [0.1, 0.15) is 5.56 Å². The zero-order valence-electron chi connectivity index (χ0n) is 11.9. The summed E-state index contributed by atoms with van der Waals surface area (Å²) < 4.78 is 23.6. The maximum absolute atomic E-state index is 12.9. The zero-order chi connectivity index (χ0) is 15.5. The van der Waals surface area contributed by atoms with Gasteiger partial charge in [0.15, 0.2) is 0 Å². The third-order valence-corrected chi connectivity index (χ3v) is 3.33. The minimum absolute atomic E-state index is 0.174. The van der Waals surface area contributed by atoms with Gasteiger partial charge in [-0.1, -0.05) is 0 Å². The lowest BCUT2D eigenvalue weighted by atomic mass is 10.1. The van der Waals surface area contributed by atoms with Crippen LogP contribution in [0.15, 0.2) is 48.0 Å². The van der Waals surface area contributed by atoms with Crippen molar-refractivity contribution in [2.24, 2.45) is 0 Å². The van der Waals surface area contributed by atoms with Gasteiger partial charge in [0.25, 0.3) is 5.91 Å². The van der Waals surface area contributed by atoms with E-state index in [-0.39, 0.29) is 18.3 Å². The Bertz CT molecular complexity index is 738. The lowest BCUT2D eigenvalue weighted by Gasteiger charge is -2.18. The minimum Gasteiger partial charge on any atom is -0.497 e. The molecule has 0 radical (unpaired) electrons. The highest BCUT2D eigenvalue weighted by Gasteiger charge is 2.18. The van der Waals surface area contributed by atoms with E-state index in [4.69, 9.17) is 9.47 Å². The molecule has 0 saturated carbocycles. The van der Waals surface area contributed by atoms with Gasteiger partial charge in [-0.05, 0) is 42.5 Å². The molecule has 0 saturated heterocycles.